The molecule has 0 radical (unpaired) electrons. The summed E-state index contributed by atoms with van der Waals surface area (Å²) in [4.78, 5) is 14.0. The number of likely N-dealkylation sites (tertiary alicyclic amines) is 1. The van der Waals surface area contributed by atoms with Gasteiger partial charge in [0.2, 0.25) is 0 Å². The van der Waals surface area contributed by atoms with Crippen molar-refractivity contribution in [3.8, 4) is 6.07 Å². The molecule has 0 aromatic rings. The molecule has 0 aliphatic carbocycles. The maximum atomic E-state index is 12.0. The molecule has 4 nitrogen and oxygen atoms in total. The molecule has 2 atom stereocenters. The molecule has 0 aromatic heterocycles. The van der Waals surface area contributed by atoms with E-state index in [0.717, 1.165) is 25.8 Å². The van der Waals surface area contributed by atoms with E-state index in [1.165, 1.54) is 0 Å². The van der Waals surface area contributed by atoms with Crippen LogP contribution in [0.5, 0.6) is 0 Å². The van der Waals surface area contributed by atoms with Crippen LogP contribution in [0.4, 0.5) is 0 Å². The van der Waals surface area contributed by atoms with E-state index in [9.17, 15) is 4.79 Å². The van der Waals surface area contributed by atoms with Crippen LogP contribution in [-0.2, 0) is 9.53 Å². The quantitative estimate of drug-likeness (QED) is 0.706. The molecule has 0 N–H and O–H groups in total. The largest absolute Gasteiger partial charge is 0.459 e. The maximum Gasteiger partial charge on any atom is 0.323 e. The van der Waals surface area contributed by atoms with Crippen molar-refractivity contribution in [3.63, 3.8) is 0 Å². The van der Waals surface area contributed by atoms with E-state index in [1.54, 1.807) is 0 Å². The topological polar surface area (TPSA) is 53.3 Å². The van der Waals surface area contributed by atoms with Crippen molar-refractivity contribution in [1.29, 1.82) is 5.26 Å². The van der Waals surface area contributed by atoms with Crippen molar-refractivity contribution >= 4 is 5.97 Å². The standard InChI is InChI=1S/C13H22N2O2/c1-5-10(9-14)15-8-6-7-11(15)12(16)17-13(2,3)4/h10-11H,5-8H2,1-4H3/t10?,11-/m1/s1. The van der Waals surface area contributed by atoms with Crippen molar-refractivity contribution < 1.29 is 9.53 Å². The molecule has 0 aromatic carbocycles. The van der Waals surface area contributed by atoms with Crippen LogP contribution in [0, 0.1) is 11.3 Å². The predicted octanol–water partition coefficient (Wildman–Crippen LogP) is 2.09. The minimum Gasteiger partial charge on any atom is -0.459 e. The molecule has 0 amide bonds. The van der Waals surface area contributed by atoms with Crippen LogP contribution in [0.25, 0.3) is 0 Å². The number of hydrogen-bond donors (Lipinski definition) is 0. The van der Waals surface area contributed by atoms with Gasteiger partial charge in [0.15, 0.2) is 0 Å². The Morgan fingerprint density at radius 2 is 2.24 bits per heavy atom. The highest BCUT2D eigenvalue weighted by Crippen LogP contribution is 2.24. The van der Waals surface area contributed by atoms with E-state index in [2.05, 4.69) is 6.07 Å². The first-order valence-corrected chi connectivity index (χ1v) is 6.27. The van der Waals surface area contributed by atoms with Gasteiger partial charge in [0, 0.05) is 6.54 Å². The van der Waals surface area contributed by atoms with Crippen molar-refractivity contribution in [2.24, 2.45) is 0 Å². The Morgan fingerprint density at radius 1 is 1.59 bits per heavy atom. The number of nitriles is 1. The number of ether oxygens (including phenoxy) is 1. The predicted molar refractivity (Wildman–Crippen MR) is 65.3 cm³/mol. The van der Waals surface area contributed by atoms with Crippen LogP contribution in [0.15, 0.2) is 0 Å². The summed E-state index contributed by atoms with van der Waals surface area (Å²) in [5.41, 5.74) is -0.459. The fourth-order valence-electron chi connectivity index (χ4n) is 2.18. The molecular weight excluding hydrogens is 216 g/mol. The molecule has 1 rings (SSSR count). The summed E-state index contributed by atoms with van der Waals surface area (Å²) in [5.74, 6) is -0.191. The molecular formula is C13H22N2O2. The Hall–Kier alpha value is -1.08. The average Bonchev–Trinajstić information content (AvgIpc) is 2.66. The lowest BCUT2D eigenvalue weighted by Gasteiger charge is -2.29. The molecule has 1 heterocycles. The van der Waals surface area contributed by atoms with Crippen LogP contribution in [-0.4, -0.2) is 35.1 Å². The smallest absolute Gasteiger partial charge is 0.323 e. The van der Waals surface area contributed by atoms with Crippen molar-refractivity contribution in [1.82, 2.24) is 4.90 Å². The summed E-state index contributed by atoms with van der Waals surface area (Å²) >= 11 is 0. The van der Waals surface area contributed by atoms with E-state index in [0.29, 0.717) is 0 Å². The number of hydrogen-bond acceptors (Lipinski definition) is 4. The maximum absolute atomic E-state index is 12.0. The number of rotatable bonds is 3. The van der Waals surface area contributed by atoms with Crippen LogP contribution in [0.3, 0.4) is 0 Å². The molecule has 1 unspecified atom stereocenters. The van der Waals surface area contributed by atoms with Crippen LogP contribution >= 0.6 is 0 Å². The van der Waals surface area contributed by atoms with Crippen molar-refractivity contribution in [2.75, 3.05) is 6.54 Å². The molecule has 1 aliphatic heterocycles. The Kier molecular flexibility index (Phi) is 4.53. The minimum atomic E-state index is -0.459. The first-order valence-electron chi connectivity index (χ1n) is 6.27. The van der Waals surface area contributed by atoms with Gasteiger partial charge in [0.1, 0.15) is 11.6 Å². The summed E-state index contributed by atoms with van der Waals surface area (Å²) in [5, 5.41) is 9.07. The van der Waals surface area contributed by atoms with Crippen LogP contribution < -0.4 is 0 Å². The Labute approximate surface area is 104 Å². The zero-order chi connectivity index (χ0) is 13.1. The lowest BCUT2D eigenvalue weighted by atomic mass is 10.1. The second-order valence-corrected chi connectivity index (χ2v) is 5.48. The second kappa shape index (κ2) is 5.50. The number of esters is 1. The summed E-state index contributed by atoms with van der Waals surface area (Å²) in [6.07, 6.45) is 2.50. The molecule has 1 saturated heterocycles. The monoisotopic (exact) mass is 238 g/mol. The van der Waals surface area contributed by atoms with Crippen LogP contribution in [0.2, 0.25) is 0 Å². The van der Waals surface area contributed by atoms with E-state index in [4.69, 9.17) is 10.00 Å². The molecule has 0 bridgehead atoms. The molecule has 0 saturated carbocycles. The van der Waals surface area contributed by atoms with Gasteiger partial charge in [0.05, 0.1) is 12.1 Å². The van der Waals surface area contributed by atoms with Gasteiger partial charge in [0.25, 0.3) is 0 Å². The van der Waals surface area contributed by atoms with Gasteiger partial charge in [-0.05, 0) is 40.0 Å². The average molecular weight is 238 g/mol. The van der Waals surface area contributed by atoms with Gasteiger partial charge < -0.3 is 4.74 Å². The Morgan fingerprint density at radius 3 is 2.71 bits per heavy atom. The summed E-state index contributed by atoms with van der Waals surface area (Å²) in [6.45, 7) is 8.39. The third-order valence-electron chi connectivity index (χ3n) is 2.91. The number of carbonyl (C=O) groups is 1. The molecule has 1 fully saturated rings. The van der Waals surface area contributed by atoms with Gasteiger partial charge >= 0.3 is 5.97 Å². The lowest BCUT2D eigenvalue weighted by molar-refractivity contribution is -0.160. The molecule has 0 spiro atoms. The molecule has 1 aliphatic rings. The van der Waals surface area contributed by atoms with Gasteiger partial charge in [-0.3, -0.25) is 9.69 Å². The highest BCUT2D eigenvalue weighted by molar-refractivity contribution is 5.76. The van der Waals surface area contributed by atoms with Gasteiger partial charge in [-0.1, -0.05) is 6.92 Å². The van der Waals surface area contributed by atoms with Crippen molar-refractivity contribution in [2.45, 2.75) is 64.6 Å². The SMILES string of the molecule is CCC(C#N)N1CCC[C@@H]1C(=O)OC(C)(C)C. The van der Waals surface area contributed by atoms with E-state index in [-0.39, 0.29) is 18.1 Å². The fourth-order valence-corrected chi connectivity index (χ4v) is 2.18. The van der Waals surface area contributed by atoms with Gasteiger partial charge in [-0.25, -0.2) is 0 Å². The summed E-state index contributed by atoms with van der Waals surface area (Å²) in [7, 11) is 0. The zero-order valence-electron chi connectivity index (χ0n) is 11.2. The van der Waals surface area contributed by atoms with Crippen LogP contribution in [0.1, 0.15) is 47.0 Å². The number of nitrogens with zero attached hydrogens (tertiary/aromatic N) is 2. The third-order valence-corrected chi connectivity index (χ3v) is 2.91. The molecule has 96 valence electrons. The zero-order valence-corrected chi connectivity index (χ0v) is 11.2. The Bertz CT molecular complexity index is 314. The Balaban J connectivity index is 2.70. The lowest BCUT2D eigenvalue weighted by Crippen LogP contribution is -2.45. The first-order chi connectivity index (χ1) is 7.89. The summed E-state index contributed by atoms with van der Waals surface area (Å²) in [6, 6.07) is 1.85. The van der Waals surface area contributed by atoms with Gasteiger partial charge in [-0.15, -0.1) is 0 Å². The molecule has 17 heavy (non-hydrogen) atoms. The van der Waals surface area contributed by atoms with E-state index >= 15 is 0 Å². The summed E-state index contributed by atoms with van der Waals surface area (Å²) < 4.78 is 5.40. The fraction of sp³-hybridized carbons (Fsp3) is 0.846. The second-order valence-electron chi connectivity index (χ2n) is 5.48. The highest BCUT2D eigenvalue weighted by atomic mass is 16.6. The third kappa shape index (κ3) is 3.71. The first kappa shape index (κ1) is 14.0. The highest BCUT2D eigenvalue weighted by Gasteiger charge is 2.37. The minimum absolute atomic E-state index is 0.171. The van der Waals surface area contributed by atoms with Gasteiger partial charge in [-0.2, -0.15) is 5.26 Å². The number of carbonyl (C=O) groups excluding carboxylic acids is 1. The van der Waals surface area contributed by atoms with Crippen molar-refractivity contribution in [3.05, 3.63) is 0 Å². The van der Waals surface area contributed by atoms with E-state index in [1.807, 2.05) is 32.6 Å². The molecule has 4 heteroatoms. The normalized spacial score (nSPS) is 23.1. The van der Waals surface area contributed by atoms with E-state index < -0.39 is 5.60 Å².